The van der Waals surface area contributed by atoms with E-state index in [9.17, 15) is 9.59 Å². The standard InChI is InChI=1S/C12H22O5/c1-5-17-11(14)12(2,3)10(13)9-16-8-6-7-15-4/h5-9H2,1-4H3. The molecule has 0 aromatic rings. The van der Waals surface area contributed by atoms with Crippen LogP contribution in [0.5, 0.6) is 0 Å². The number of carbonyl (C=O) groups excluding carboxylic acids is 2. The Kier molecular flexibility index (Phi) is 7.74. The average Bonchev–Trinajstić information content (AvgIpc) is 2.28. The Hall–Kier alpha value is -0.940. The molecule has 0 aliphatic heterocycles. The molecule has 5 nitrogen and oxygen atoms in total. The Labute approximate surface area is 102 Å². The minimum absolute atomic E-state index is 0.0739. The molecule has 0 saturated heterocycles. The van der Waals surface area contributed by atoms with Crippen LogP contribution in [0, 0.1) is 5.41 Å². The molecule has 0 atom stereocenters. The van der Waals surface area contributed by atoms with Gasteiger partial charge < -0.3 is 14.2 Å². The predicted molar refractivity (Wildman–Crippen MR) is 62.7 cm³/mol. The fourth-order valence-electron chi connectivity index (χ4n) is 1.08. The van der Waals surface area contributed by atoms with Crippen molar-refractivity contribution in [2.75, 3.05) is 33.5 Å². The molecule has 100 valence electrons. The van der Waals surface area contributed by atoms with Crippen molar-refractivity contribution >= 4 is 11.8 Å². The van der Waals surface area contributed by atoms with E-state index in [0.29, 0.717) is 13.2 Å². The molecule has 0 spiro atoms. The first-order chi connectivity index (χ1) is 7.96. The van der Waals surface area contributed by atoms with Gasteiger partial charge in [-0.05, 0) is 27.2 Å². The number of esters is 1. The van der Waals surface area contributed by atoms with E-state index in [1.165, 1.54) is 0 Å². The van der Waals surface area contributed by atoms with E-state index in [1.807, 2.05) is 0 Å². The van der Waals surface area contributed by atoms with Gasteiger partial charge in [0, 0.05) is 20.3 Å². The van der Waals surface area contributed by atoms with E-state index in [0.717, 1.165) is 6.42 Å². The summed E-state index contributed by atoms with van der Waals surface area (Å²) in [6.07, 6.45) is 0.726. The van der Waals surface area contributed by atoms with Crippen molar-refractivity contribution in [3.05, 3.63) is 0 Å². The van der Waals surface area contributed by atoms with Crippen molar-refractivity contribution in [2.24, 2.45) is 5.41 Å². The SMILES string of the molecule is CCOC(=O)C(C)(C)C(=O)COCCCOC. The van der Waals surface area contributed by atoms with Crippen LogP contribution in [-0.2, 0) is 23.8 Å². The second-order valence-corrected chi connectivity index (χ2v) is 4.17. The zero-order valence-corrected chi connectivity index (χ0v) is 11.1. The smallest absolute Gasteiger partial charge is 0.319 e. The highest BCUT2D eigenvalue weighted by Crippen LogP contribution is 2.19. The first kappa shape index (κ1) is 16.1. The molecule has 0 bridgehead atoms. The summed E-state index contributed by atoms with van der Waals surface area (Å²) in [6, 6.07) is 0. The lowest BCUT2D eigenvalue weighted by atomic mass is 9.88. The fraction of sp³-hybridized carbons (Fsp3) is 0.833. The van der Waals surface area contributed by atoms with Crippen LogP contribution >= 0.6 is 0 Å². The quantitative estimate of drug-likeness (QED) is 0.347. The highest BCUT2D eigenvalue weighted by molar-refractivity contribution is 6.03. The Morgan fingerprint density at radius 2 is 1.82 bits per heavy atom. The van der Waals surface area contributed by atoms with Crippen LogP contribution in [-0.4, -0.2) is 45.3 Å². The molecule has 0 rings (SSSR count). The monoisotopic (exact) mass is 246 g/mol. The van der Waals surface area contributed by atoms with Gasteiger partial charge in [0.05, 0.1) is 6.61 Å². The van der Waals surface area contributed by atoms with Gasteiger partial charge in [0.2, 0.25) is 0 Å². The number of hydrogen-bond donors (Lipinski definition) is 0. The van der Waals surface area contributed by atoms with Gasteiger partial charge in [-0.15, -0.1) is 0 Å². The molecule has 0 aliphatic rings. The lowest BCUT2D eigenvalue weighted by Crippen LogP contribution is -2.37. The lowest BCUT2D eigenvalue weighted by molar-refractivity contribution is -0.159. The number of Topliss-reactive ketones (excluding diaryl/α,β-unsaturated/α-hetero) is 1. The zero-order chi connectivity index (χ0) is 13.3. The third-order valence-corrected chi connectivity index (χ3v) is 2.35. The van der Waals surface area contributed by atoms with E-state index in [4.69, 9.17) is 14.2 Å². The molecule has 0 unspecified atom stereocenters. The number of methoxy groups -OCH3 is 1. The third-order valence-electron chi connectivity index (χ3n) is 2.35. The lowest BCUT2D eigenvalue weighted by Gasteiger charge is -2.20. The molecular formula is C12H22O5. The second kappa shape index (κ2) is 8.20. The molecule has 0 fully saturated rings. The summed E-state index contributed by atoms with van der Waals surface area (Å²) in [6.45, 7) is 6.03. The Morgan fingerprint density at radius 1 is 1.18 bits per heavy atom. The van der Waals surface area contributed by atoms with Gasteiger partial charge in [0.15, 0.2) is 5.78 Å². The second-order valence-electron chi connectivity index (χ2n) is 4.17. The minimum Gasteiger partial charge on any atom is -0.465 e. The number of ketones is 1. The van der Waals surface area contributed by atoms with Crippen LogP contribution < -0.4 is 0 Å². The molecule has 0 aromatic carbocycles. The van der Waals surface area contributed by atoms with Gasteiger partial charge in [-0.3, -0.25) is 9.59 Å². The largest absolute Gasteiger partial charge is 0.465 e. The van der Waals surface area contributed by atoms with Crippen LogP contribution in [0.15, 0.2) is 0 Å². The maximum atomic E-state index is 11.8. The van der Waals surface area contributed by atoms with Crippen LogP contribution in [0.3, 0.4) is 0 Å². The van der Waals surface area contributed by atoms with Gasteiger partial charge in [-0.2, -0.15) is 0 Å². The number of rotatable bonds is 9. The van der Waals surface area contributed by atoms with Crippen LogP contribution in [0.2, 0.25) is 0 Å². The summed E-state index contributed by atoms with van der Waals surface area (Å²) in [7, 11) is 1.61. The summed E-state index contributed by atoms with van der Waals surface area (Å²) in [5.41, 5.74) is -1.14. The van der Waals surface area contributed by atoms with E-state index in [2.05, 4.69) is 0 Å². The van der Waals surface area contributed by atoms with Gasteiger partial charge in [0.25, 0.3) is 0 Å². The molecule has 0 radical (unpaired) electrons. The molecule has 17 heavy (non-hydrogen) atoms. The molecule has 0 N–H and O–H groups in total. The summed E-state index contributed by atoms with van der Waals surface area (Å²) in [4.78, 5) is 23.3. The average molecular weight is 246 g/mol. The van der Waals surface area contributed by atoms with Crippen molar-refractivity contribution in [1.29, 1.82) is 0 Å². The molecule has 0 heterocycles. The highest BCUT2D eigenvalue weighted by Gasteiger charge is 2.37. The van der Waals surface area contributed by atoms with Gasteiger partial charge in [-0.1, -0.05) is 0 Å². The molecule has 0 saturated carbocycles. The van der Waals surface area contributed by atoms with Crippen LogP contribution in [0.25, 0.3) is 0 Å². The van der Waals surface area contributed by atoms with E-state index in [1.54, 1.807) is 27.9 Å². The molecule has 0 amide bonds. The number of hydrogen-bond acceptors (Lipinski definition) is 5. The number of carbonyl (C=O) groups is 2. The summed E-state index contributed by atoms with van der Waals surface area (Å²) >= 11 is 0. The van der Waals surface area contributed by atoms with E-state index in [-0.39, 0.29) is 19.0 Å². The highest BCUT2D eigenvalue weighted by atomic mass is 16.5. The maximum absolute atomic E-state index is 11.8. The topological polar surface area (TPSA) is 61.8 Å². The van der Waals surface area contributed by atoms with Crippen molar-refractivity contribution in [3.63, 3.8) is 0 Å². The van der Waals surface area contributed by atoms with Gasteiger partial charge in [0.1, 0.15) is 12.0 Å². The van der Waals surface area contributed by atoms with Crippen LogP contribution in [0.1, 0.15) is 27.2 Å². The van der Waals surface area contributed by atoms with Crippen molar-refractivity contribution < 1.29 is 23.8 Å². The van der Waals surface area contributed by atoms with E-state index >= 15 is 0 Å². The summed E-state index contributed by atoms with van der Waals surface area (Å²) < 4.78 is 14.9. The van der Waals surface area contributed by atoms with Crippen molar-refractivity contribution in [1.82, 2.24) is 0 Å². The van der Waals surface area contributed by atoms with Gasteiger partial charge in [-0.25, -0.2) is 0 Å². The maximum Gasteiger partial charge on any atom is 0.319 e. The molecule has 5 heteroatoms. The van der Waals surface area contributed by atoms with E-state index < -0.39 is 11.4 Å². The zero-order valence-electron chi connectivity index (χ0n) is 11.1. The summed E-state index contributed by atoms with van der Waals surface area (Å²) in [5, 5.41) is 0. The third kappa shape index (κ3) is 5.79. The number of ether oxygens (including phenoxy) is 3. The minimum atomic E-state index is -1.14. The Bertz CT molecular complexity index is 247. The Morgan fingerprint density at radius 3 is 2.35 bits per heavy atom. The predicted octanol–water partition coefficient (Wildman–Crippen LogP) is 1.20. The molecular weight excluding hydrogens is 224 g/mol. The first-order valence-electron chi connectivity index (χ1n) is 5.74. The summed E-state index contributed by atoms with van der Waals surface area (Å²) in [5.74, 6) is -0.779. The first-order valence-corrected chi connectivity index (χ1v) is 5.74. The van der Waals surface area contributed by atoms with Crippen molar-refractivity contribution in [2.45, 2.75) is 27.2 Å². The normalized spacial score (nSPS) is 11.3. The molecule has 0 aliphatic carbocycles. The Balaban J connectivity index is 3.99. The van der Waals surface area contributed by atoms with Gasteiger partial charge >= 0.3 is 5.97 Å². The van der Waals surface area contributed by atoms with Crippen LogP contribution in [0.4, 0.5) is 0 Å². The molecule has 0 aromatic heterocycles. The van der Waals surface area contributed by atoms with Crippen molar-refractivity contribution in [3.8, 4) is 0 Å². The fourth-order valence-corrected chi connectivity index (χ4v) is 1.08.